The number of halogens is 3. The molecule has 3 aromatic rings. The summed E-state index contributed by atoms with van der Waals surface area (Å²) in [5, 5.41) is 7.38. The topological polar surface area (TPSA) is 94.5 Å². The zero-order valence-corrected chi connectivity index (χ0v) is 17.6. The SMILES string of the molecule is Cc1cc(-c2cnc3c(NCCC(F)(F)F)cc(OC4CCCC4)nn23)ccc1C(N)=O. The minimum atomic E-state index is -4.26. The van der Waals surface area contributed by atoms with Gasteiger partial charge in [-0.2, -0.15) is 13.2 Å². The minimum Gasteiger partial charge on any atom is -0.473 e. The van der Waals surface area contributed by atoms with E-state index in [1.165, 1.54) is 0 Å². The molecule has 0 radical (unpaired) electrons. The molecule has 1 amide bonds. The third kappa shape index (κ3) is 4.79. The van der Waals surface area contributed by atoms with Crippen molar-refractivity contribution in [1.29, 1.82) is 0 Å². The molecule has 10 heteroatoms. The van der Waals surface area contributed by atoms with E-state index in [0.717, 1.165) is 31.2 Å². The monoisotopic (exact) mass is 447 g/mol. The number of hydrogen-bond acceptors (Lipinski definition) is 5. The molecular weight excluding hydrogens is 423 g/mol. The number of nitrogens with two attached hydrogens (primary N) is 1. The first kappa shape index (κ1) is 21.9. The van der Waals surface area contributed by atoms with Crippen molar-refractivity contribution < 1.29 is 22.7 Å². The van der Waals surface area contributed by atoms with E-state index in [1.807, 2.05) is 0 Å². The summed E-state index contributed by atoms with van der Waals surface area (Å²) < 4.78 is 45.5. The predicted molar refractivity (Wildman–Crippen MR) is 114 cm³/mol. The van der Waals surface area contributed by atoms with Crippen LogP contribution in [0.5, 0.6) is 5.88 Å². The van der Waals surface area contributed by atoms with Gasteiger partial charge in [0.15, 0.2) is 5.65 Å². The Morgan fingerprint density at radius 3 is 2.69 bits per heavy atom. The number of ether oxygens (including phenoxy) is 1. The lowest BCUT2D eigenvalue weighted by molar-refractivity contribution is -0.131. The lowest BCUT2D eigenvalue weighted by Crippen LogP contribution is -2.16. The number of aromatic nitrogens is 3. The highest BCUT2D eigenvalue weighted by atomic mass is 19.4. The predicted octanol–water partition coefficient (Wildman–Crippen LogP) is 4.49. The minimum absolute atomic E-state index is 0.0343. The number of primary amides is 1. The van der Waals surface area contributed by atoms with Crippen LogP contribution in [0.25, 0.3) is 16.9 Å². The molecule has 2 heterocycles. The number of amides is 1. The van der Waals surface area contributed by atoms with Crippen molar-refractivity contribution in [2.45, 2.75) is 51.3 Å². The fourth-order valence-corrected chi connectivity index (χ4v) is 3.95. The van der Waals surface area contributed by atoms with E-state index in [1.54, 1.807) is 41.9 Å². The summed E-state index contributed by atoms with van der Waals surface area (Å²) in [6.45, 7) is 1.49. The van der Waals surface area contributed by atoms with Crippen LogP contribution in [0.15, 0.2) is 30.5 Å². The molecule has 0 aliphatic heterocycles. The molecule has 0 bridgehead atoms. The Bertz CT molecular complexity index is 1140. The molecule has 32 heavy (non-hydrogen) atoms. The maximum atomic E-state index is 12.6. The standard InChI is InChI=1S/C22H24F3N5O2/c1-13-10-14(6-7-16(13)20(26)31)18-12-28-21-17(27-9-8-22(23,24)25)11-19(29-30(18)21)32-15-4-2-3-5-15/h6-7,10-12,15,27H,2-5,8-9H2,1H3,(H2,26,31). The highest BCUT2D eigenvalue weighted by Crippen LogP contribution is 2.30. The van der Waals surface area contributed by atoms with Gasteiger partial charge < -0.3 is 15.8 Å². The van der Waals surface area contributed by atoms with E-state index in [4.69, 9.17) is 10.5 Å². The number of carbonyl (C=O) groups excluding carboxylic acids is 1. The van der Waals surface area contributed by atoms with E-state index < -0.39 is 18.5 Å². The molecule has 3 N–H and O–H groups in total. The Kier molecular flexibility index (Phi) is 5.94. The largest absolute Gasteiger partial charge is 0.473 e. The molecule has 1 aliphatic rings. The summed E-state index contributed by atoms with van der Waals surface area (Å²) in [5.74, 6) is -0.197. The van der Waals surface area contributed by atoms with Crippen LogP contribution in [0.2, 0.25) is 0 Å². The van der Waals surface area contributed by atoms with Crippen LogP contribution in [0.3, 0.4) is 0 Å². The van der Waals surface area contributed by atoms with Gasteiger partial charge in [0.1, 0.15) is 6.10 Å². The average molecular weight is 447 g/mol. The zero-order chi connectivity index (χ0) is 22.9. The molecule has 0 saturated heterocycles. The number of alkyl halides is 3. The van der Waals surface area contributed by atoms with Crippen LogP contribution >= 0.6 is 0 Å². The number of hydrogen-bond donors (Lipinski definition) is 2. The third-order valence-corrected chi connectivity index (χ3v) is 5.55. The summed E-state index contributed by atoms with van der Waals surface area (Å²) >= 11 is 0. The first-order valence-electron chi connectivity index (χ1n) is 10.5. The number of benzene rings is 1. The average Bonchev–Trinajstić information content (AvgIpc) is 3.36. The number of rotatable bonds is 7. The molecule has 0 spiro atoms. The summed E-state index contributed by atoms with van der Waals surface area (Å²) in [6, 6.07) is 6.77. The van der Waals surface area contributed by atoms with Crippen molar-refractivity contribution in [2.75, 3.05) is 11.9 Å². The molecule has 7 nitrogen and oxygen atoms in total. The number of nitrogens with one attached hydrogen (secondary N) is 1. The van der Waals surface area contributed by atoms with Crippen molar-refractivity contribution in [2.24, 2.45) is 5.73 Å². The lowest BCUT2D eigenvalue weighted by Gasteiger charge is -2.15. The Labute approximate surface area is 182 Å². The Morgan fingerprint density at radius 1 is 1.28 bits per heavy atom. The highest BCUT2D eigenvalue weighted by molar-refractivity contribution is 5.94. The molecule has 0 atom stereocenters. The first-order chi connectivity index (χ1) is 15.2. The maximum absolute atomic E-state index is 12.6. The van der Waals surface area contributed by atoms with Gasteiger partial charge in [0, 0.05) is 23.7 Å². The van der Waals surface area contributed by atoms with Gasteiger partial charge in [-0.25, -0.2) is 9.50 Å². The normalized spacial score (nSPS) is 14.8. The van der Waals surface area contributed by atoms with Crippen molar-refractivity contribution in [3.63, 3.8) is 0 Å². The summed E-state index contributed by atoms with van der Waals surface area (Å²) in [6.07, 6.45) is 0.377. The number of nitrogens with zero attached hydrogens (tertiary/aromatic N) is 3. The number of anilines is 1. The second-order valence-corrected chi connectivity index (χ2v) is 7.99. The summed E-state index contributed by atoms with van der Waals surface area (Å²) in [5.41, 5.74) is 8.67. The molecule has 1 fully saturated rings. The van der Waals surface area contributed by atoms with Crippen molar-refractivity contribution in [3.8, 4) is 17.1 Å². The number of imidazole rings is 1. The van der Waals surface area contributed by atoms with Gasteiger partial charge in [0.05, 0.1) is 24.0 Å². The second-order valence-electron chi connectivity index (χ2n) is 7.99. The number of aryl methyl sites for hydroxylation is 1. The Balaban J connectivity index is 1.73. The number of carbonyl (C=O) groups is 1. The van der Waals surface area contributed by atoms with Crippen LogP contribution in [-0.4, -0.2) is 39.3 Å². The third-order valence-electron chi connectivity index (χ3n) is 5.55. The maximum Gasteiger partial charge on any atom is 0.390 e. The van der Waals surface area contributed by atoms with Gasteiger partial charge in [-0.3, -0.25) is 4.79 Å². The second kappa shape index (κ2) is 8.68. The Hall–Kier alpha value is -3.30. The van der Waals surface area contributed by atoms with Gasteiger partial charge in [-0.1, -0.05) is 6.07 Å². The molecule has 0 unspecified atom stereocenters. The summed E-state index contributed by atoms with van der Waals surface area (Å²) in [4.78, 5) is 15.9. The van der Waals surface area contributed by atoms with Crippen LogP contribution < -0.4 is 15.8 Å². The number of fused-ring (bicyclic) bond motifs is 1. The van der Waals surface area contributed by atoms with E-state index >= 15 is 0 Å². The van der Waals surface area contributed by atoms with Gasteiger partial charge in [-0.15, -0.1) is 5.10 Å². The van der Waals surface area contributed by atoms with Crippen molar-refractivity contribution in [1.82, 2.24) is 14.6 Å². The van der Waals surface area contributed by atoms with E-state index in [0.29, 0.717) is 34.0 Å². The molecule has 1 aliphatic carbocycles. The van der Waals surface area contributed by atoms with Gasteiger partial charge in [-0.05, 0) is 50.3 Å². The van der Waals surface area contributed by atoms with Crippen molar-refractivity contribution in [3.05, 3.63) is 41.6 Å². The molecule has 1 saturated carbocycles. The molecule has 4 rings (SSSR count). The summed E-state index contributed by atoms with van der Waals surface area (Å²) in [7, 11) is 0. The van der Waals surface area contributed by atoms with E-state index in [9.17, 15) is 18.0 Å². The van der Waals surface area contributed by atoms with Crippen LogP contribution in [0.4, 0.5) is 18.9 Å². The smallest absolute Gasteiger partial charge is 0.390 e. The van der Waals surface area contributed by atoms with Crippen LogP contribution in [0.1, 0.15) is 48.0 Å². The lowest BCUT2D eigenvalue weighted by atomic mass is 10.0. The van der Waals surface area contributed by atoms with Crippen LogP contribution in [0, 0.1) is 6.92 Å². The highest BCUT2D eigenvalue weighted by Gasteiger charge is 2.27. The van der Waals surface area contributed by atoms with Crippen molar-refractivity contribution >= 4 is 17.2 Å². The molecule has 1 aromatic carbocycles. The molecule has 170 valence electrons. The zero-order valence-electron chi connectivity index (χ0n) is 17.6. The van der Waals surface area contributed by atoms with Gasteiger partial charge >= 0.3 is 6.18 Å². The first-order valence-corrected chi connectivity index (χ1v) is 10.5. The fourth-order valence-electron chi connectivity index (χ4n) is 3.95. The van der Waals surface area contributed by atoms with E-state index in [2.05, 4.69) is 15.4 Å². The molecular formula is C22H24F3N5O2. The molecule has 2 aromatic heterocycles. The quantitative estimate of drug-likeness (QED) is 0.557. The Morgan fingerprint density at radius 2 is 2.03 bits per heavy atom. The van der Waals surface area contributed by atoms with Gasteiger partial charge in [0.2, 0.25) is 11.8 Å². The van der Waals surface area contributed by atoms with E-state index in [-0.39, 0.29) is 12.6 Å². The van der Waals surface area contributed by atoms with Gasteiger partial charge in [0.25, 0.3) is 0 Å². The van der Waals surface area contributed by atoms with Crippen LogP contribution in [-0.2, 0) is 0 Å². The fraction of sp³-hybridized carbons (Fsp3) is 0.409.